The van der Waals surface area contributed by atoms with E-state index in [1.165, 1.54) is 5.56 Å². The summed E-state index contributed by atoms with van der Waals surface area (Å²) in [4.78, 5) is 12.7. The Balaban J connectivity index is 1.48. The first-order valence-electron chi connectivity index (χ1n) is 13.4. The maximum atomic E-state index is 5.31. The number of anilines is 2. The van der Waals surface area contributed by atoms with Crippen LogP contribution in [0.25, 0.3) is 5.69 Å². The van der Waals surface area contributed by atoms with Crippen LogP contribution in [0.2, 0.25) is 0 Å². The lowest BCUT2D eigenvalue weighted by molar-refractivity contribution is 0.815. The van der Waals surface area contributed by atoms with Gasteiger partial charge in [-0.25, -0.2) is 14.7 Å². The summed E-state index contributed by atoms with van der Waals surface area (Å²) in [7, 11) is 0. The number of hydrogen-bond donors (Lipinski definition) is 1. The molecular formula is C33H27BrN6. The topological polar surface area (TPSA) is 57.8 Å². The fourth-order valence-corrected chi connectivity index (χ4v) is 5.92. The van der Waals surface area contributed by atoms with E-state index in [1.54, 1.807) is 0 Å². The molecule has 1 N–H and O–H groups in total. The molecule has 0 saturated carbocycles. The molecule has 7 heteroatoms. The number of aliphatic imine (C=N–C) groups is 2. The van der Waals surface area contributed by atoms with E-state index < -0.39 is 0 Å². The fourth-order valence-electron chi connectivity index (χ4n) is 5.50. The molecule has 7 rings (SSSR count). The van der Waals surface area contributed by atoms with Gasteiger partial charge >= 0.3 is 0 Å². The smallest absolute Gasteiger partial charge is 0.179 e. The average Bonchev–Trinajstić information content (AvgIpc) is 3.33. The minimum atomic E-state index is -0.159. The van der Waals surface area contributed by atoms with Crippen molar-refractivity contribution in [3.8, 4) is 5.69 Å². The molecule has 4 aromatic carbocycles. The number of halogens is 1. The van der Waals surface area contributed by atoms with Gasteiger partial charge in [-0.1, -0.05) is 77.5 Å². The Morgan fingerprint density at radius 2 is 1.62 bits per heavy atom. The van der Waals surface area contributed by atoms with Gasteiger partial charge in [0.25, 0.3) is 0 Å². The van der Waals surface area contributed by atoms with Crippen molar-refractivity contribution >= 4 is 50.5 Å². The number of nitrogens with one attached hydrogen (secondary N) is 1. The van der Waals surface area contributed by atoms with Gasteiger partial charge in [0.15, 0.2) is 17.5 Å². The largest absolute Gasteiger partial charge is 0.337 e. The van der Waals surface area contributed by atoms with E-state index in [4.69, 9.17) is 15.1 Å². The summed E-state index contributed by atoms with van der Waals surface area (Å²) in [6.07, 6.45) is 0.995. The Bertz CT molecular complexity index is 1790. The standard InChI is InChI=1S/C33H27BrN6/c1-3-22-16-18-25(19-17-22)35-31-33-37-32-29(21(2)38-40(32)26-12-5-4-6-13-26)30(23-10-9-11-24(34)20-23)39(33)28-15-8-7-14-27(28)36-31/h4-20,30H,3H2,1-2H3,(H,35,36)/t30-/m1/s1. The number of aryl methyl sites for hydroxylation is 2. The second kappa shape index (κ2) is 9.92. The van der Waals surface area contributed by atoms with Crippen molar-refractivity contribution in [3.05, 3.63) is 130 Å². The number of rotatable bonds is 4. The van der Waals surface area contributed by atoms with Gasteiger partial charge in [0.05, 0.1) is 28.8 Å². The van der Waals surface area contributed by atoms with Crippen LogP contribution in [0, 0.1) is 6.92 Å². The zero-order chi connectivity index (χ0) is 27.2. The number of para-hydroxylation sites is 3. The molecule has 2 aliphatic heterocycles. The van der Waals surface area contributed by atoms with Gasteiger partial charge in [-0.3, -0.25) is 0 Å². The highest BCUT2D eigenvalue weighted by Gasteiger charge is 2.41. The molecule has 0 amide bonds. The summed E-state index contributed by atoms with van der Waals surface area (Å²) in [6, 6.07) is 35.3. The van der Waals surface area contributed by atoms with Gasteiger partial charge in [-0.15, -0.1) is 0 Å². The van der Waals surface area contributed by atoms with Crippen molar-refractivity contribution in [1.29, 1.82) is 0 Å². The third kappa shape index (κ3) is 4.14. The predicted molar refractivity (Wildman–Crippen MR) is 167 cm³/mol. The number of fused-ring (bicyclic) bond motifs is 4. The van der Waals surface area contributed by atoms with E-state index in [0.717, 1.165) is 62.1 Å². The quantitative estimate of drug-likeness (QED) is 0.230. The summed E-state index contributed by atoms with van der Waals surface area (Å²) in [6.45, 7) is 4.24. The summed E-state index contributed by atoms with van der Waals surface area (Å²) < 4.78 is 2.98. The zero-order valence-corrected chi connectivity index (χ0v) is 23.8. The second-order valence-corrected chi connectivity index (χ2v) is 10.9. The Hall–Kier alpha value is -4.49. The summed E-state index contributed by atoms with van der Waals surface area (Å²) >= 11 is 3.71. The SMILES string of the molecule is CCc1ccc(NC2=Nc3ccccc3N3C2=Nc2c(c(C)nn2-c2ccccc2)[C@H]3c2cccc(Br)c2)cc1. The molecular weight excluding hydrogens is 560 g/mol. The first kappa shape index (κ1) is 24.5. The molecule has 1 atom stereocenters. The summed E-state index contributed by atoms with van der Waals surface area (Å²) in [5, 5.41) is 8.60. The normalized spacial score (nSPS) is 15.5. The van der Waals surface area contributed by atoms with E-state index in [9.17, 15) is 0 Å². The zero-order valence-electron chi connectivity index (χ0n) is 22.2. The van der Waals surface area contributed by atoms with Crippen LogP contribution >= 0.6 is 15.9 Å². The van der Waals surface area contributed by atoms with Gasteiger partial charge in [0.2, 0.25) is 0 Å². The highest BCUT2D eigenvalue weighted by molar-refractivity contribution is 9.10. The molecule has 0 fully saturated rings. The Labute approximate surface area is 241 Å². The first-order chi connectivity index (χ1) is 19.6. The van der Waals surface area contributed by atoms with Crippen molar-refractivity contribution < 1.29 is 0 Å². The third-order valence-corrected chi connectivity index (χ3v) is 7.92. The summed E-state index contributed by atoms with van der Waals surface area (Å²) in [5.74, 6) is 2.27. The molecule has 0 aliphatic carbocycles. The van der Waals surface area contributed by atoms with Crippen LogP contribution in [0.4, 0.5) is 22.9 Å². The van der Waals surface area contributed by atoms with Crippen LogP contribution in [-0.2, 0) is 6.42 Å². The molecule has 1 aromatic heterocycles. The Morgan fingerprint density at radius 3 is 2.40 bits per heavy atom. The van der Waals surface area contributed by atoms with Gasteiger partial charge in [0.1, 0.15) is 0 Å². The van der Waals surface area contributed by atoms with Crippen LogP contribution in [-0.4, -0.2) is 21.5 Å². The van der Waals surface area contributed by atoms with Crippen LogP contribution in [0.5, 0.6) is 0 Å². The van der Waals surface area contributed by atoms with Gasteiger partial charge in [0, 0.05) is 15.7 Å². The van der Waals surface area contributed by atoms with Crippen molar-refractivity contribution in [1.82, 2.24) is 9.78 Å². The minimum absolute atomic E-state index is 0.159. The highest BCUT2D eigenvalue weighted by Crippen LogP contribution is 2.48. The molecule has 0 unspecified atom stereocenters. The number of amidine groups is 2. The minimum Gasteiger partial charge on any atom is -0.337 e. The van der Waals surface area contributed by atoms with Crippen LogP contribution in [0.3, 0.4) is 0 Å². The predicted octanol–water partition coefficient (Wildman–Crippen LogP) is 8.30. The Kier molecular flexibility index (Phi) is 6.09. The fraction of sp³-hybridized carbons (Fsp3) is 0.121. The monoisotopic (exact) mass is 586 g/mol. The van der Waals surface area contributed by atoms with E-state index in [-0.39, 0.29) is 6.04 Å². The number of nitrogens with zero attached hydrogens (tertiary/aromatic N) is 5. The molecule has 5 aromatic rings. The van der Waals surface area contributed by atoms with E-state index in [1.807, 2.05) is 28.9 Å². The van der Waals surface area contributed by atoms with Crippen LogP contribution in [0.1, 0.15) is 35.3 Å². The molecule has 6 nitrogen and oxygen atoms in total. The number of hydrogen-bond acceptors (Lipinski definition) is 5. The molecule has 0 bridgehead atoms. The Morgan fingerprint density at radius 1 is 0.850 bits per heavy atom. The molecule has 2 aliphatic rings. The lowest BCUT2D eigenvalue weighted by Crippen LogP contribution is -2.46. The van der Waals surface area contributed by atoms with E-state index in [0.29, 0.717) is 5.84 Å². The first-order valence-corrected chi connectivity index (χ1v) is 14.2. The van der Waals surface area contributed by atoms with Crippen LogP contribution in [0.15, 0.2) is 118 Å². The van der Waals surface area contributed by atoms with E-state index >= 15 is 0 Å². The van der Waals surface area contributed by atoms with Crippen molar-refractivity contribution in [2.75, 3.05) is 10.2 Å². The van der Waals surface area contributed by atoms with Crippen molar-refractivity contribution in [2.24, 2.45) is 9.98 Å². The summed E-state index contributed by atoms with van der Waals surface area (Å²) in [5.41, 5.74) is 8.29. The van der Waals surface area contributed by atoms with Crippen molar-refractivity contribution in [3.63, 3.8) is 0 Å². The second-order valence-electron chi connectivity index (χ2n) is 9.96. The lowest BCUT2D eigenvalue weighted by Gasteiger charge is -2.40. The lowest BCUT2D eigenvalue weighted by atomic mass is 9.93. The highest BCUT2D eigenvalue weighted by atomic mass is 79.9. The molecule has 0 spiro atoms. The molecule has 0 radical (unpaired) electrons. The maximum Gasteiger partial charge on any atom is 0.179 e. The van der Waals surface area contributed by atoms with Gasteiger partial charge in [-0.2, -0.15) is 5.10 Å². The molecule has 196 valence electrons. The van der Waals surface area contributed by atoms with Crippen molar-refractivity contribution in [2.45, 2.75) is 26.3 Å². The average molecular weight is 588 g/mol. The number of benzene rings is 4. The van der Waals surface area contributed by atoms with Crippen LogP contribution < -0.4 is 10.2 Å². The molecule has 0 saturated heterocycles. The molecule has 40 heavy (non-hydrogen) atoms. The third-order valence-electron chi connectivity index (χ3n) is 7.43. The van der Waals surface area contributed by atoms with Gasteiger partial charge < -0.3 is 10.2 Å². The maximum absolute atomic E-state index is 5.31. The van der Waals surface area contributed by atoms with E-state index in [2.05, 4.69) is 119 Å². The molecule has 3 heterocycles. The number of aromatic nitrogens is 2. The van der Waals surface area contributed by atoms with Gasteiger partial charge in [-0.05, 0) is 73.0 Å².